The Morgan fingerprint density at radius 3 is 2.81 bits per heavy atom. The molecule has 1 aromatic carbocycles. The number of fused-ring (bicyclic) bond motifs is 1. The zero-order chi connectivity index (χ0) is 14.8. The van der Waals surface area contributed by atoms with Gasteiger partial charge in [0, 0.05) is 30.7 Å². The summed E-state index contributed by atoms with van der Waals surface area (Å²) < 4.78 is 0. The van der Waals surface area contributed by atoms with Gasteiger partial charge in [0.25, 0.3) is 0 Å². The van der Waals surface area contributed by atoms with Gasteiger partial charge in [-0.25, -0.2) is 0 Å². The summed E-state index contributed by atoms with van der Waals surface area (Å²) in [6.45, 7) is 5.99. The van der Waals surface area contributed by atoms with Gasteiger partial charge in [-0.15, -0.1) is 0 Å². The predicted molar refractivity (Wildman–Crippen MR) is 81.1 cm³/mol. The summed E-state index contributed by atoms with van der Waals surface area (Å²) in [6.07, 6.45) is 2.54. The second kappa shape index (κ2) is 5.97. The normalized spacial score (nSPS) is 26.3. The smallest absolute Gasteiger partial charge is 0.176 e. The van der Waals surface area contributed by atoms with Crippen LogP contribution < -0.4 is 0 Å². The molecule has 2 saturated heterocycles. The summed E-state index contributed by atoms with van der Waals surface area (Å²) in [5, 5.41) is 8.80. The summed E-state index contributed by atoms with van der Waals surface area (Å²) in [5.41, 5.74) is 1.30. The van der Waals surface area contributed by atoms with Crippen LogP contribution in [0.1, 0.15) is 35.7 Å². The highest BCUT2D eigenvalue weighted by Crippen LogP contribution is 2.24. The molecule has 0 spiro atoms. The Bertz CT molecular complexity index is 560. The van der Waals surface area contributed by atoms with Crippen molar-refractivity contribution < 1.29 is 4.79 Å². The molecule has 0 aliphatic carbocycles. The first-order valence-corrected chi connectivity index (χ1v) is 7.69. The van der Waals surface area contributed by atoms with Crippen LogP contribution in [0.3, 0.4) is 0 Å². The van der Waals surface area contributed by atoms with E-state index in [2.05, 4.69) is 22.8 Å². The van der Waals surface area contributed by atoms with Gasteiger partial charge in [-0.05, 0) is 38.4 Å². The van der Waals surface area contributed by atoms with Gasteiger partial charge in [0.2, 0.25) is 0 Å². The molecular weight excluding hydrogens is 262 g/mol. The number of rotatable bonds is 3. The van der Waals surface area contributed by atoms with E-state index in [4.69, 9.17) is 5.26 Å². The van der Waals surface area contributed by atoms with Gasteiger partial charge >= 0.3 is 0 Å². The Kier molecular flexibility index (Phi) is 4.05. The molecule has 2 atom stereocenters. The number of benzene rings is 1. The van der Waals surface area contributed by atoms with E-state index >= 15 is 0 Å². The number of hydrogen-bond donors (Lipinski definition) is 0. The highest BCUT2D eigenvalue weighted by Gasteiger charge is 2.34. The highest BCUT2D eigenvalue weighted by atomic mass is 16.1. The first-order valence-electron chi connectivity index (χ1n) is 7.69. The fourth-order valence-corrected chi connectivity index (χ4v) is 3.47. The molecule has 21 heavy (non-hydrogen) atoms. The van der Waals surface area contributed by atoms with Gasteiger partial charge in [-0.3, -0.25) is 14.6 Å². The maximum Gasteiger partial charge on any atom is 0.176 e. The van der Waals surface area contributed by atoms with Crippen molar-refractivity contribution in [1.29, 1.82) is 5.26 Å². The fraction of sp³-hybridized carbons (Fsp3) is 0.529. The molecule has 0 radical (unpaired) electrons. The Hall–Kier alpha value is -1.70. The van der Waals surface area contributed by atoms with Crippen molar-refractivity contribution in [2.45, 2.75) is 31.8 Å². The van der Waals surface area contributed by atoms with Crippen LogP contribution >= 0.6 is 0 Å². The molecule has 2 heterocycles. The molecule has 0 aromatic heterocycles. The number of Topliss-reactive ketones (excluding diaryl/α,β-unsaturated/α-hetero) is 1. The van der Waals surface area contributed by atoms with Gasteiger partial charge in [0.05, 0.1) is 18.2 Å². The SMILES string of the molecule is CC1CN2CCCC2CN1CC(=O)c1ccc(C#N)cc1. The summed E-state index contributed by atoms with van der Waals surface area (Å²) in [7, 11) is 0. The number of carbonyl (C=O) groups excluding carboxylic acids is 1. The third kappa shape index (κ3) is 2.99. The zero-order valence-electron chi connectivity index (χ0n) is 12.5. The van der Waals surface area contributed by atoms with Crippen LogP contribution in [0, 0.1) is 11.3 Å². The molecular formula is C17H21N3O. The number of nitrogens with zero attached hydrogens (tertiary/aromatic N) is 3. The predicted octanol–water partition coefficient (Wildman–Crippen LogP) is 1.91. The van der Waals surface area contributed by atoms with Crippen LogP contribution in [0.25, 0.3) is 0 Å². The zero-order valence-corrected chi connectivity index (χ0v) is 12.5. The minimum Gasteiger partial charge on any atom is -0.298 e. The molecule has 2 aliphatic heterocycles. The molecule has 4 nitrogen and oxygen atoms in total. The van der Waals surface area contributed by atoms with E-state index in [0.29, 0.717) is 29.8 Å². The maximum absolute atomic E-state index is 12.4. The van der Waals surface area contributed by atoms with Gasteiger partial charge in [-0.1, -0.05) is 12.1 Å². The Morgan fingerprint density at radius 1 is 1.33 bits per heavy atom. The Morgan fingerprint density at radius 2 is 2.10 bits per heavy atom. The number of hydrogen-bond acceptors (Lipinski definition) is 4. The first-order chi connectivity index (χ1) is 10.2. The monoisotopic (exact) mass is 283 g/mol. The second-order valence-electron chi connectivity index (χ2n) is 6.18. The van der Waals surface area contributed by atoms with Gasteiger partial charge in [0.1, 0.15) is 0 Å². The summed E-state index contributed by atoms with van der Waals surface area (Å²) >= 11 is 0. The average Bonchev–Trinajstić information content (AvgIpc) is 2.94. The van der Waals surface area contributed by atoms with Crippen LogP contribution in [-0.2, 0) is 0 Å². The summed E-state index contributed by atoms with van der Waals surface area (Å²) in [4.78, 5) is 17.3. The number of nitriles is 1. The molecule has 0 bridgehead atoms. The molecule has 0 amide bonds. The van der Waals surface area contributed by atoms with E-state index in [1.165, 1.54) is 19.4 Å². The maximum atomic E-state index is 12.4. The third-order valence-corrected chi connectivity index (χ3v) is 4.75. The molecule has 110 valence electrons. The average molecular weight is 283 g/mol. The highest BCUT2D eigenvalue weighted by molar-refractivity contribution is 5.97. The topological polar surface area (TPSA) is 47.3 Å². The van der Waals surface area contributed by atoms with E-state index in [-0.39, 0.29) is 5.78 Å². The van der Waals surface area contributed by atoms with E-state index in [1.807, 2.05) is 0 Å². The number of ketones is 1. The van der Waals surface area contributed by atoms with Crippen molar-refractivity contribution in [2.75, 3.05) is 26.2 Å². The van der Waals surface area contributed by atoms with Gasteiger partial charge < -0.3 is 0 Å². The molecule has 1 aromatic rings. The van der Waals surface area contributed by atoms with E-state index in [1.54, 1.807) is 24.3 Å². The fourth-order valence-electron chi connectivity index (χ4n) is 3.47. The third-order valence-electron chi connectivity index (χ3n) is 4.75. The summed E-state index contributed by atoms with van der Waals surface area (Å²) in [5.74, 6) is 0.151. The molecule has 2 fully saturated rings. The molecule has 3 rings (SSSR count). The Labute approximate surface area is 126 Å². The molecule has 0 saturated carbocycles. The minimum absolute atomic E-state index is 0.151. The van der Waals surface area contributed by atoms with Crippen LogP contribution in [0.2, 0.25) is 0 Å². The van der Waals surface area contributed by atoms with Crippen LogP contribution in [0.15, 0.2) is 24.3 Å². The van der Waals surface area contributed by atoms with Crippen molar-refractivity contribution in [3.63, 3.8) is 0 Å². The largest absolute Gasteiger partial charge is 0.298 e. The quantitative estimate of drug-likeness (QED) is 0.795. The van der Waals surface area contributed by atoms with Crippen LogP contribution in [-0.4, -0.2) is 53.8 Å². The standard InChI is InChI=1S/C17H21N3O/c1-13-10-19-8-2-3-16(19)11-20(13)12-17(21)15-6-4-14(9-18)5-7-15/h4-7,13,16H,2-3,8,10-12H2,1H3. The van der Waals surface area contributed by atoms with E-state index < -0.39 is 0 Å². The molecule has 2 unspecified atom stereocenters. The Balaban J connectivity index is 1.65. The summed E-state index contributed by atoms with van der Waals surface area (Å²) in [6, 6.07) is 10.1. The molecule has 2 aliphatic rings. The number of piperazine rings is 1. The van der Waals surface area contributed by atoms with Crippen molar-refractivity contribution in [3.05, 3.63) is 35.4 Å². The molecule has 0 N–H and O–H groups in total. The molecule has 4 heteroatoms. The lowest BCUT2D eigenvalue weighted by Gasteiger charge is -2.42. The first kappa shape index (κ1) is 14.2. The lowest BCUT2D eigenvalue weighted by molar-refractivity contribution is 0.0535. The van der Waals surface area contributed by atoms with E-state index in [9.17, 15) is 4.79 Å². The lowest BCUT2D eigenvalue weighted by Crippen LogP contribution is -2.55. The number of carbonyl (C=O) groups is 1. The lowest BCUT2D eigenvalue weighted by atomic mass is 10.0. The van der Waals surface area contributed by atoms with Crippen LogP contribution in [0.5, 0.6) is 0 Å². The minimum atomic E-state index is 0.151. The van der Waals surface area contributed by atoms with Crippen molar-refractivity contribution >= 4 is 5.78 Å². The van der Waals surface area contributed by atoms with Gasteiger partial charge in [0.15, 0.2) is 5.78 Å². The van der Waals surface area contributed by atoms with Gasteiger partial charge in [-0.2, -0.15) is 5.26 Å². The van der Waals surface area contributed by atoms with Crippen molar-refractivity contribution in [3.8, 4) is 6.07 Å². The second-order valence-corrected chi connectivity index (χ2v) is 6.18. The van der Waals surface area contributed by atoms with E-state index in [0.717, 1.165) is 13.1 Å². The van der Waals surface area contributed by atoms with Crippen molar-refractivity contribution in [2.24, 2.45) is 0 Å². The van der Waals surface area contributed by atoms with Crippen molar-refractivity contribution in [1.82, 2.24) is 9.80 Å². The van der Waals surface area contributed by atoms with Crippen LogP contribution in [0.4, 0.5) is 0 Å².